The molecule has 1 unspecified atom stereocenters. The zero-order valence-corrected chi connectivity index (χ0v) is 9.73. The molecule has 1 saturated heterocycles. The van der Waals surface area contributed by atoms with Crippen LogP contribution in [0.15, 0.2) is 36.5 Å². The number of allylic oxidation sites excluding steroid dienone is 4. The molecule has 0 amide bonds. The van der Waals surface area contributed by atoms with Crippen LogP contribution in [0.5, 0.6) is 0 Å². The highest BCUT2D eigenvalue weighted by Gasteiger charge is 2.50. The third kappa shape index (κ3) is 1.33. The molecule has 0 N–H and O–H groups in total. The zero-order chi connectivity index (χ0) is 11.4. The van der Waals surface area contributed by atoms with E-state index in [-0.39, 0.29) is 12.2 Å². The second-order valence-corrected chi connectivity index (χ2v) is 5.19. The molecule has 0 radical (unpaired) electrons. The van der Waals surface area contributed by atoms with Crippen molar-refractivity contribution in [2.45, 2.75) is 18.7 Å². The molecule has 1 fully saturated rings. The van der Waals surface area contributed by atoms with Crippen molar-refractivity contribution < 1.29 is 14.2 Å². The molecule has 7 aliphatic rings. The summed E-state index contributed by atoms with van der Waals surface area (Å²) in [6, 6.07) is 0. The van der Waals surface area contributed by atoms with E-state index in [9.17, 15) is 0 Å². The minimum Gasteiger partial charge on any atom is -0.333 e. The number of methoxy groups -OCH3 is 1. The van der Waals surface area contributed by atoms with Gasteiger partial charge in [-0.3, -0.25) is 0 Å². The second-order valence-electron chi connectivity index (χ2n) is 5.19. The van der Waals surface area contributed by atoms with E-state index in [1.54, 1.807) is 7.11 Å². The quantitative estimate of drug-likeness (QED) is 0.646. The first-order chi connectivity index (χ1) is 8.36. The maximum Gasteiger partial charge on any atom is 0.272 e. The third-order valence-electron chi connectivity index (χ3n) is 4.37. The van der Waals surface area contributed by atoms with Gasteiger partial charge in [0.1, 0.15) is 0 Å². The van der Waals surface area contributed by atoms with Crippen LogP contribution in [0.4, 0.5) is 0 Å². The fourth-order valence-electron chi connectivity index (χ4n) is 3.50. The number of ether oxygens (including phenoxy) is 3. The summed E-state index contributed by atoms with van der Waals surface area (Å²) >= 11 is 0. The van der Waals surface area contributed by atoms with Gasteiger partial charge in [-0.25, -0.2) is 0 Å². The van der Waals surface area contributed by atoms with Crippen LogP contribution >= 0.6 is 0 Å². The first-order valence-corrected chi connectivity index (χ1v) is 6.25. The molecule has 0 aromatic carbocycles. The van der Waals surface area contributed by atoms with E-state index in [0.29, 0.717) is 23.7 Å². The lowest BCUT2D eigenvalue weighted by Gasteiger charge is -2.41. The Hall–Kier alpha value is -0.900. The predicted octanol–water partition coefficient (Wildman–Crippen LogP) is 1.87. The molecule has 3 heteroatoms. The van der Waals surface area contributed by atoms with Gasteiger partial charge in [0.2, 0.25) is 0 Å². The maximum absolute atomic E-state index is 5.87. The normalized spacial score (nSPS) is 53.8. The smallest absolute Gasteiger partial charge is 0.272 e. The lowest BCUT2D eigenvalue weighted by molar-refractivity contribution is -0.231. The molecular formula is C14H16O3. The van der Waals surface area contributed by atoms with Crippen molar-refractivity contribution in [2.24, 2.45) is 23.7 Å². The molecule has 0 saturated carbocycles. The van der Waals surface area contributed by atoms with Gasteiger partial charge in [0.15, 0.2) is 0 Å². The first kappa shape index (κ1) is 10.1. The van der Waals surface area contributed by atoms with Gasteiger partial charge in [-0.05, 0) is 0 Å². The Morgan fingerprint density at radius 1 is 0.765 bits per heavy atom. The van der Waals surface area contributed by atoms with Crippen LogP contribution in [-0.2, 0) is 14.2 Å². The summed E-state index contributed by atoms with van der Waals surface area (Å²) in [5, 5.41) is 0. The molecule has 1 aliphatic heterocycles. The summed E-state index contributed by atoms with van der Waals surface area (Å²) in [6.45, 7) is -0.493. The molecule has 1 heterocycles. The van der Waals surface area contributed by atoms with E-state index < -0.39 is 6.48 Å². The molecule has 4 bridgehead atoms. The highest BCUT2D eigenvalue weighted by molar-refractivity contribution is 5.28. The Kier molecular flexibility index (Phi) is 2.10. The summed E-state index contributed by atoms with van der Waals surface area (Å²) in [7, 11) is 1.63. The standard InChI is InChI=1S/C14H16O3/c1-15-14-16-12-10-6-7-11(13(12)17-14)9-3-2-8(10)4-5-9/h2-14H,1H3/t8?,9?,10-,11+,12-,13+,14?. The van der Waals surface area contributed by atoms with E-state index in [0.717, 1.165) is 0 Å². The summed E-state index contributed by atoms with van der Waals surface area (Å²) in [5.74, 6) is 1.64. The fraction of sp³-hybridized carbons (Fsp3) is 0.571. The summed E-state index contributed by atoms with van der Waals surface area (Å²) < 4.78 is 16.9. The van der Waals surface area contributed by atoms with Crippen LogP contribution in [0.1, 0.15) is 0 Å². The van der Waals surface area contributed by atoms with Gasteiger partial charge in [-0.2, -0.15) is 0 Å². The Bertz CT molecular complexity index is 364. The van der Waals surface area contributed by atoms with Crippen LogP contribution in [0, 0.1) is 23.7 Å². The minimum absolute atomic E-state index is 0.136. The highest BCUT2D eigenvalue weighted by atomic mass is 16.9. The van der Waals surface area contributed by atoms with Crippen LogP contribution in [0.25, 0.3) is 0 Å². The van der Waals surface area contributed by atoms with Crippen LogP contribution in [0.2, 0.25) is 0 Å². The molecule has 3 nitrogen and oxygen atoms in total. The second kappa shape index (κ2) is 3.55. The Balaban J connectivity index is 1.76. The molecular weight excluding hydrogens is 216 g/mol. The van der Waals surface area contributed by atoms with Gasteiger partial charge in [0.25, 0.3) is 6.48 Å². The average Bonchev–Trinajstić information content (AvgIpc) is 2.76. The molecule has 17 heavy (non-hydrogen) atoms. The summed E-state index contributed by atoms with van der Waals surface area (Å²) in [6.07, 6.45) is 14.1. The van der Waals surface area contributed by atoms with Crippen LogP contribution in [-0.4, -0.2) is 25.8 Å². The van der Waals surface area contributed by atoms with Crippen molar-refractivity contribution in [2.75, 3.05) is 7.11 Å². The number of hydrogen-bond acceptors (Lipinski definition) is 3. The SMILES string of the molecule is COC1O[C@@H]2[C@H](O1)[C@@H]1C=C[C@H]2C2C=CC1C=C2. The van der Waals surface area contributed by atoms with Crippen LogP contribution in [0.3, 0.4) is 0 Å². The molecule has 7 rings (SSSR count). The van der Waals surface area contributed by atoms with Gasteiger partial charge < -0.3 is 14.2 Å². The van der Waals surface area contributed by atoms with Gasteiger partial charge in [-0.1, -0.05) is 36.5 Å². The Labute approximate surface area is 101 Å². The Morgan fingerprint density at radius 3 is 1.65 bits per heavy atom. The van der Waals surface area contributed by atoms with E-state index in [1.807, 2.05) is 0 Å². The summed E-state index contributed by atoms with van der Waals surface area (Å²) in [4.78, 5) is 0. The predicted molar refractivity (Wildman–Crippen MR) is 61.9 cm³/mol. The fourth-order valence-corrected chi connectivity index (χ4v) is 3.50. The minimum atomic E-state index is -0.493. The lowest BCUT2D eigenvalue weighted by atomic mass is 9.67. The van der Waals surface area contributed by atoms with Crippen molar-refractivity contribution in [3.8, 4) is 0 Å². The highest BCUT2D eigenvalue weighted by Crippen LogP contribution is 2.46. The van der Waals surface area contributed by atoms with Gasteiger partial charge in [-0.15, -0.1) is 0 Å². The van der Waals surface area contributed by atoms with E-state index in [1.165, 1.54) is 0 Å². The Morgan fingerprint density at radius 2 is 1.24 bits per heavy atom. The van der Waals surface area contributed by atoms with E-state index >= 15 is 0 Å². The molecule has 0 spiro atoms. The largest absolute Gasteiger partial charge is 0.333 e. The third-order valence-corrected chi connectivity index (χ3v) is 4.37. The van der Waals surface area contributed by atoms with E-state index in [2.05, 4.69) is 36.5 Å². The monoisotopic (exact) mass is 232 g/mol. The van der Waals surface area contributed by atoms with Gasteiger partial charge in [0, 0.05) is 30.8 Å². The topological polar surface area (TPSA) is 27.7 Å². The average molecular weight is 232 g/mol. The van der Waals surface area contributed by atoms with Gasteiger partial charge >= 0.3 is 0 Å². The molecule has 0 aromatic rings. The van der Waals surface area contributed by atoms with Crippen molar-refractivity contribution in [1.29, 1.82) is 0 Å². The van der Waals surface area contributed by atoms with Gasteiger partial charge in [0.05, 0.1) is 12.2 Å². The number of rotatable bonds is 1. The molecule has 90 valence electrons. The van der Waals surface area contributed by atoms with Crippen molar-refractivity contribution in [3.63, 3.8) is 0 Å². The lowest BCUT2D eigenvalue weighted by Crippen LogP contribution is -2.45. The summed E-state index contributed by atoms with van der Waals surface area (Å²) in [5.41, 5.74) is 0. The van der Waals surface area contributed by atoms with E-state index in [4.69, 9.17) is 14.2 Å². The first-order valence-electron chi connectivity index (χ1n) is 6.25. The molecule has 5 atom stereocenters. The molecule has 0 aromatic heterocycles. The van der Waals surface area contributed by atoms with Crippen molar-refractivity contribution >= 4 is 0 Å². The number of hydrogen-bond donors (Lipinski definition) is 0. The maximum atomic E-state index is 5.87. The van der Waals surface area contributed by atoms with Crippen molar-refractivity contribution in [1.82, 2.24) is 0 Å². The zero-order valence-electron chi connectivity index (χ0n) is 9.73. The van der Waals surface area contributed by atoms with Crippen molar-refractivity contribution in [3.05, 3.63) is 36.5 Å². The van der Waals surface area contributed by atoms with Crippen LogP contribution < -0.4 is 0 Å². The molecule has 6 aliphatic carbocycles.